The predicted molar refractivity (Wildman–Crippen MR) is 126 cm³/mol. The molecule has 160 valence electrons. The standard InChI is InChI=1S/C25H22N4O2S/c30-23(10-11-24-28-29-25(31-24)18-12-13-32-16-18)27-14-20(17-6-2-1-3-7-17)21-15-26-22-9-5-4-8-19(21)22/h1-9,12-13,15-16,20,26H,10-11,14H2,(H,27,30). The molecule has 3 heterocycles. The van der Waals surface area contributed by atoms with Crippen LogP contribution in [0.1, 0.15) is 29.4 Å². The second-order valence-electron chi connectivity index (χ2n) is 7.57. The Kier molecular flexibility index (Phi) is 5.81. The van der Waals surface area contributed by atoms with Gasteiger partial charge in [0.1, 0.15) is 0 Å². The van der Waals surface area contributed by atoms with Gasteiger partial charge in [-0.15, -0.1) is 10.2 Å². The van der Waals surface area contributed by atoms with Crippen molar-refractivity contribution in [2.45, 2.75) is 18.8 Å². The highest BCUT2D eigenvalue weighted by Gasteiger charge is 2.19. The van der Waals surface area contributed by atoms with Gasteiger partial charge in [0, 0.05) is 53.3 Å². The molecule has 0 aliphatic carbocycles. The minimum Gasteiger partial charge on any atom is -0.421 e. The van der Waals surface area contributed by atoms with Crippen LogP contribution in [0.5, 0.6) is 0 Å². The van der Waals surface area contributed by atoms with E-state index in [-0.39, 0.29) is 11.8 Å². The number of fused-ring (bicyclic) bond motifs is 1. The Morgan fingerprint density at radius 3 is 2.75 bits per heavy atom. The third-order valence-electron chi connectivity index (χ3n) is 5.50. The summed E-state index contributed by atoms with van der Waals surface area (Å²) in [6, 6.07) is 20.4. The van der Waals surface area contributed by atoms with Crippen LogP contribution in [0, 0.1) is 0 Å². The van der Waals surface area contributed by atoms with Crippen molar-refractivity contribution in [2.24, 2.45) is 0 Å². The summed E-state index contributed by atoms with van der Waals surface area (Å²) in [5.41, 5.74) is 4.33. The molecule has 5 rings (SSSR count). The third-order valence-corrected chi connectivity index (χ3v) is 6.19. The number of aromatic amines is 1. The smallest absolute Gasteiger partial charge is 0.248 e. The molecular weight excluding hydrogens is 420 g/mol. The molecular formula is C25H22N4O2S. The predicted octanol–water partition coefficient (Wildman–Crippen LogP) is 5.16. The van der Waals surface area contributed by atoms with Crippen LogP contribution in [0.2, 0.25) is 0 Å². The first-order valence-electron chi connectivity index (χ1n) is 10.5. The summed E-state index contributed by atoms with van der Waals surface area (Å²) in [6.07, 6.45) is 2.74. The minimum atomic E-state index is -0.0407. The number of aromatic nitrogens is 3. The number of carbonyl (C=O) groups is 1. The number of nitrogens with one attached hydrogen (secondary N) is 2. The van der Waals surface area contributed by atoms with Gasteiger partial charge in [-0.2, -0.15) is 11.3 Å². The molecule has 6 nitrogen and oxygen atoms in total. The number of hydrogen-bond acceptors (Lipinski definition) is 5. The van der Waals surface area contributed by atoms with Crippen LogP contribution in [0.4, 0.5) is 0 Å². The fraction of sp³-hybridized carbons (Fsp3) is 0.160. The molecule has 1 unspecified atom stereocenters. The van der Waals surface area contributed by atoms with Gasteiger partial charge in [0.2, 0.25) is 17.7 Å². The molecule has 3 aromatic heterocycles. The maximum absolute atomic E-state index is 12.6. The quantitative estimate of drug-likeness (QED) is 0.348. The zero-order valence-electron chi connectivity index (χ0n) is 17.3. The Balaban J connectivity index is 1.26. The lowest BCUT2D eigenvalue weighted by Gasteiger charge is -2.18. The normalized spacial score (nSPS) is 12.1. The molecule has 0 bridgehead atoms. The van der Waals surface area contributed by atoms with E-state index in [9.17, 15) is 4.79 Å². The number of para-hydroxylation sites is 1. The van der Waals surface area contributed by atoms with E-state index in [0.29, 0.717) is 31.2 Å². The molecule has 0 aliphatic heterocycles. The molecule has 0 radical (unpaired) electrons. The first kappa shape index (κ1) is 20.2. The highest BCUT2D eigenvalue weighted by Crippen LogP contribution is 2.30. The number of nitrogens with zero attached hydrogens (tertiary/aromatic N) is 2. The van der Waals surface area contributed by atoms with Gasteiger partial charge in [-0.3, -0.25) is 4.79 Å². The zero-order valence-corrected chi connectivity index (χ0v) is 18.1. The first-order valence-corrected chi connectivity index (χ1v) is 11.4. The van der Waals surface area contributed by atoms with Crippen LogP contribution in [-0.2, 0) is 11.2 Å². The molecule has 32 heavy (non-hydrogen) atoms. The number of carbonyl (C=O) groups excluding carboxylic acids is 1. The number of rotatable bonds is 8. The number of aryl methyl sites for hydroxylation is 1. The van der Waals surface area contributed by atoms with Crippen molar-refractivity contribution in [3.63, 3.8) is 0 Å². The van der Waals surface area contributed by atoms with Crippen molar-refractivity contribution < 1.29 is 9.21 Å². The molecule has 1 amide bonds. The Morgan fingerprint density at radius 1 is 1.06 bits per heavy atom. The lowest BCUT2D eigenvalue weighted by Crippen LogP contribution is -2.29. The van der Waals surface area contributed by atoms with Gasteiger partial charge >= 0.3 is 0 Å². The Labute approximate surface area is 189 Å². The number of benzene rings is 2. The number of amides is 1. The molecule has 0 aliphatic rings. The van der Waals surface area contributed by atoms with Crippen molar-refractivity contribution in [3.8, 4) is 11.5 Å². The summed E-state index contributed by atoms with van der Waals surface area (Å²) in [7, 11) is 0. The topological polar surface area (TPSA) is 83.8 Å². The summed E-state index contributed by atoms with van der Waals surface area (Å²) >= 11 is 1.57. The summed E-state index contributed by atoms with van der Waals surface area (Å²) < 4.78 is 5.68. The average Bonchev–Trinajstić information content (AvgIpc) is 3.59. The SMILES string of the molecule is O=C(CCc1nnc(-c2ccsc2)o1)NCC(c1ccccc1)c1c[nH]c2ccccc12. The van der Waals surface area contributed by atoms with Gasteiger partial charge in [-0.25, -0.2) is 0 Å². The maximum Gasteiger partial charge on any atom is 0.248 e. The molecule has 2 aromatic carbocycles. The molecule has 7 heteroatoms. The van der Waals surface area contributed by atoms with Crippen molar-refractivity contribution in [1.29, 1.82) is 0 Å². The third kappa shape index (κ3) is 4.33. The fourth-order valence-electron chi connectivity index (χ4n) is 3.86. The second-order valence-corrected chi connectivity index (χ2v) is 8.35. The summed E-state index contributed by atoms with van der Waals surface area (Å²) in [5.74, 6) is 0.966. The van der Waals surface area contributed by atoms with Crippen LogP contribution in [0.3, 0.4) is 0 Å². The lowest BCUT2D eigenvalue weighted by atomic mass is 9.91. The van der Waals surface area contributed by atoms with Crippen molar-refractivity contribution >= 4 is 28.1 Å². The van der Waals surface area contributed by atoms with E-state index in [0.717, 1.165) is 16.6 Å². The first-order chi connectivity index (χ1) is 15.8. The monoisotopic (exact) mass is 442 g/mol. The van der Waals surface area contributed by atoms with Gasteiger partial charge in [0.05, 0.1) is 0 Å². The van der Waals surface area contributed by atoms with Gasteiger partial charge in [0.15, 0.2) is 0 Å². The van der Waals surface area contributed by atoms with E-state index >= 15 is 0 Å². The number of thiophene rings is 1. The maximum atomic E-state index is 12.6. The molecule has 0 spiro atoms. The molecule has 0 saturated heterocycles. The van der Waals surface area contributed by atoms with E-state index in [1.165, 1.54) is 10.9 Å². The van der Waals surface area contributed by atoms with Gasteiger partial charge < -0.3 is 14.7 Å². The van der Waals surface area contributed by atoms with Crippen LogP contribution in [-0.4, -0.2) is 27.6 Å². The van der Waals surface area contributed by atoms with Gasteiger partial charge in [0.25, 0.3) is 0 Å². The molecule has 5 aromatic rings. The number of hydrogen-bond donors (Lipinski definition) is 2. The Bertz CT molecular complexity index is 1310. The van der Waals surface area contributed by atoms with Crippen LogP contribution in [0.25, 0.3) is 22.4 Å². The summed E-state index contributed by atoms with van der Waals surface area (Å²) in [6.45, 7) is 0.509. The van der Waals surface area contributed by atoms with Crippen LogP contribution < -0.4 is 5.32 Å². The average molecular weight is 443 g/mol. The van der Waals surface area contributed by atoms with Crippen LogP contribution >= 0.6 is 11.3 Å². The highest BCUT2D eigenvalue weighted by molar-refractivity contribution is 7.08. The fourth-order valence-corrected chi connectivity index (χ4v) is 4.49. The van der Waals surface area contributed by atoms with Crippen molar-refractivity contribution in [1.82, 2.24) is 20.5 Å². The zero-order chi connectivity index (χ0) is 21.8. The second kappa shape index (κ2) is 9.20. The van der Waals surface area contributed by atoms with Gasteiger partial charge in [-0.05, 0) is 28.6 Å². The number of H-pyrrole nitrogens is 1. The molecule has 1 atom stereocenters. The molecule has 2 N–H and O–H groups in total. The lowest BCUT2D eigenvalue weighted by molar-refractivity contribution is -0.121. The molecule has 0 fully saturated rings. The minimum absolute atomic E-state index is 0.0407. The van der Waals surface area contributed by atoms with E-state index in [1.54, 1.807) is 11.3 Å². The van der Waals surface area contributed by atoms with E-state index in [1.807, 2.05) is 53.4 Å². The summed E-state index contributed by atoms with van der Waals surface area (Å²) in [4.78, 5) is 16.0. The van der Waals surface area contributed by atoms with Crippen LogP contribution in [0.15, 0.2) is 82.0 Å². The van der Waals surface area contributed by atoms with E-state index in [2.05, 4.69) is 44.8 Å². The highest BCUT2D eigenvalue weighted by atomic mass is 32.1. The van der Waals surface area contributed by atoms with Crippen molar-refractivity contribution in [2.75, 3.05) is 6.54 Å². The Morgan fingerprint density at radius 2 is 1.91 bits per heavy atom. The largest absolute Gasteiger partial charge is 0.421 e. The Hall–Kier alpha value is -3.71. The van der Waals surface area contributed by atoms with E-state index in [4.69, 9.17) is 4.42 Å². The summed E-state index contributed by atoms with van der Waals surface area (Å²) in [5, 5.41) is 16.3. The van der Waals surface area contributed by atoms with E-state index < -0.39 is 0 Å². The van der Waals surface area contributed by atoms with Crippen molar-refractivity contribution in [3.05, 3.63) is 94.6 Å². The van der Waals surface area contributed by atoms with Gasteiger partial charge in [-0.1, -0.05) is 48.5 Å². The molecule has 0 saturated carbocycles.